The molecule has 176 valence electrons. The summed E-state index contributed by atoms with van der Waals surface area (Å²) >= 11 is 6.25. The van der Waals surface area contributed by atoms with Gasteiger partial charge in [0.2, 0.25) is 0 Å². The maximum Gasteiger partial charge on any atom is 0.295 e. The van der Waals surface area contributed by atoms with Crippen LogP contribution in [-0.2, 0) is 9.84 Å². The Morgan fingerprint density at radius 1 is 1.30 bits per heavy atom. The summed E-state index contributed by atoms with van der Waals surface area (Å²) in [7, 11) is -3.27. The van der Waals surface area contributed by atoms with E-state index in [1.54, 1.807) is 29.7 Å². The van der Waals surface area contributed by atoms with Crippen molar-refractivity contribution in [2.75, 3.05) is 11.9 Å². The molecule has 1 N–H and O–H groups in total. The zero-order chi connectivity index (χ0) is 23.9. The molecule has 4 rings (SSSR count). The molecule has 2 heterocycles. The Hall–Kier alpha value is -2.45. The van der Waals surface area contributed by atoms with Crippen LogP contribution < -0.4 is 10.9 Å². The first-order chi connectivity index (χ1) is 15.6. The Kier molecular flexibility index (Phi) is 6.51. The van der Waals surface area contributed by atoms with E-state index in [2.05, 4.69) is 21.9 Å². The van der Waals surface area contributed by atoms with E-state index in [1.807, 2.05) is 19.9 Å². The number of nitrogens with zero attached hydrogens (tertiary/aromatic N) is 3. The second kappa shape index (κ2) is 9.06. The van der Waals surface area contributed by atoms with Crippen molar-refractivity contribution < 1.29 is 8.42 Å². The molecule has 1 unspecified atom stereocenters. The molecular formula is C24H29ClN4O3S. The van der Waals surface area contributed by atoms with Gasteiger partial charge in [-0.25, -0.2) is 18.4 Å². The smallest absolute Gasteiger partial charge is 0.295 e. The molecule has 0 bridgehead atoms. The molecule has 33 heavy (non-hydrogen) atoms. The zero-order valence-electron chi connectivity index (χ0n) is 19.1. The minimum Gasteiger partial charge on any atom is -0.361 e. The average molecular weight is 489 g/mol. The molecule has 0 amide bonds. The summed E-state index contributed by atoms with van der Waals surface area (Å²) in [4.78, 5) is 22.6. The predicted octanol–water partition coefficient (Wildman–Crippen LogP) is 4.73. The number of nitrogens with one attached hydrogen (secondary N) is 1. The van der Waals surface area contributed by atoms with Crippen molar-refractivity contribution >= 4 is 38.4 Å². The summed E-state index contributed by atoms with van der Waals surface area (Å²) in [5.74, 6) is 0.651. The largest absolute Gasteiger partial charge is 0.361 e. The molecule has 2 aliphatic rings. The lowest BCUT2D eigenvalue weighted by Crippen LogP contribution is -2.29. The lowest BCUT2D eigenvalue weighted by atomic mass is 10.2. The summed E-state index contributed by atoms with van der Waals surface area (Å²) in [5, 5.41) is 3.18. The number of rotatable bonds is 9. The number of hydrogen-bond acceptors (Lipinski definition) is 6. The standard InChI is InChI=1S/C24H29ClN4O3S/c1-5-18(33(31,32)19-10-11-19)9-6-14(2)13-26-22-24(30)29(16(4)17-7-8-17)23-20(27-22)12-15(3)21(25)28-23/h5-6,9,12,16-17,19H,2,7-8,10-11,13H2,1,3-4H3,(H,26,27)/b9-6-,18-5+. The summed E-state index contributed by atoms with van der Waals surface area (Å²) in [5.41, 5.74) is 2.25. The molecule has 2 aromatic rings. The van der Waals surface area contributed by atoms with Gasteiger partial charge >= 0.3 is 0 Å². The van der Waals surface area contributed by atoms with E-state index in [4.69, 9.17) is 11.6 Å². The Bertz CT molecular complexity index is 1340. The summed E-state index contributed by atoms with van der Waals surface area (Å²) in [6.07, 6.45) is 8.45. The molecule has 2 aliphatic carbocycles. The minimum atomic E-state index is -3.27. The molecule has 2 fully saturated rings. The van der Waals surface area contributed by atoms with E-state index in [0.717, 1.165) is 31.2 Å². The van der Waals surface area contributed by atoms with E-state index in [0.29, 0.717) is 32.7 Å². The van der Waals surface area contributed by atoms with E-state index in [-0.39, 0.29) is 29.2 Å². The van der Waals surface area contributed by atoms with Gasteiger partial charge in [-0.15, -0.1) is 0 Å². The zero-order valence-corrected chi connectivity index (χ0v) is 20.7. The number of hydrogen-bond donors (Lipinski definition) is 1. The quantitative estimate of drug-likeness (QED) is 0.405. The fourth-order valence-corrected chi connectivity index (χ4v) is 5.73. The van der Waals surface area contributed by atoms with Crippen LogP contribution in [0.5, 0.6) is 0 Å². The fraction of sp³-hybridized carbons (Fsp3) is 0.458. The molecule has 1 atom stereocenters. The van der Waals surface area contributed by atoms with Crippen LogP contribution in [0.3, 0.4) is 0 Å². The topological polar surface area (TPSA) is 93.9 Å². The summed E-state index contributed by atoms with van der Waals surface area (Å²) < 4.78 is 26.6. The van der Waals surface area contributed by atoms with Crippen LogP contribution in [0, 0.1) is 12.8 Å². The average Bonchev–Trinajstić information content (AvgIpc) is 3.65. The SMILES string of the molecule is C=C(/C=C\C(=C/C)S(=O)(=O)C1CC1)CNc1nc2cc(C)c(Cl)nc2n(C(C)C2CC2)c1=O. The van der Waals surface area contributed by atoms with E-state index in [1.165, 1.54) is 0 Å². The van der Waals surface area contributed by atoms with Crippen LogP contribution in [0.15, 0.2) is 46.1 Å². The first kappa shape index (κ1) is 23.7. The van der Waals surface area contributed by atoms with E-state index >= 15 is 0 Å². The number of allylic oxidation sites excluding steroid dienone is 2. The molecule has 7 nitrogen and oxygen atoms in total. The van der Waals surface area contributed by atoms with Crippen molar-refractivity contribution in [3.8, 4) is 0 Å². The second-order valence-electron chi connectivity index (χ2n) is 8.93. The van der Waals surface area contributed by atoms with Gasteiger partial charge in [0.1, 0.15) is 10.7 Å². The van der Waals surface area contributed by atoms with Crippen molar-refractivity contribution in [3.05, 3.63) is 62.4 Å². The number of halogens is 1. The van der Waals surface area contributed by atoms with Gasteiger partial charge in [0, 0.05) is 12.6 Å². The van der Waals surface area contributed by atoms with Crippen molar-refractivity contribution in [1.82, 2.24) is 14.5 Å². The maximum absolute atomic E-state index is 13.3. The normalized spacial score (nSPS) is 18.1. The van der Waals surface area contributed by atoms with Crippen molar-refractivity contribution in [2.45, 2.75) is 57.7 Å². The van der Waals surface area contributed by atoms with Gasteiger partial charge in [-0.2, -0.15) is 0 Å². The molecular weight excluding hydrogens is 460 g/mol. The third-order valence-corrected chi connectivity index (χ3v) is 9.01. The highest BCUT2D eigenvalue weighted by atomic mass is 35.5. The lowest BCUT2D eigenvalue weighted by Gasteiger charge is -2.18. The molecule has 0 spiro atoms. The van der Waals surface area contributed by atoms with Crippen LogP contribution >= 0.6 is 11.6 Å². The highest BCUT2D eigenvalue weighted by Gasteiger charge is 2.37. The van der Waals surface area contributed by atoms with Crippen LogP contribution in [0.1, 0.15) is 51.1 Å². The van der Waals surface area contributed by atoms with Crippen LogP contribution in [-0.4, -0.2) is 34.7 Å². The number of sulfone groups is 1. The summed E-state index contributed by atoms with van der Waals surface area (Å²) in [6, 6.07) is 1.82. The lowest BCUT2D eigenvalue weighted by molar-refractivity contribution is 0.483. The van der Waals surface area contributed by atoms with Gasteiger partial charge < -0.3 is 5.32 Å². The molecule has 2 saturated carbocycles. The van der Waals surface area contributed by atoms with Crippen molar-refractivity contribution in [3.63, 3.8) is 0 Å². The minimum absolute atomic E-state index is 0.0113. The van der Waals surface area contributed by atoms with E-state index < -0.39 is 9.84 Å². The Morgan fingerprint density at radius 2 is 2.00 bits per heavy atom. The monoisotopic (exact) mass is 488 g/mol. The highest BCUT2D eigenvalue weighted by molar-refractivity contribution is 7.96. The number of aromatic nitrogens is 3. The fourth-order valence-electron chi connectivity index (χ4n) is 3.87. The number of fused-ring (bicyclic) bond motifs is 1. The molecule has 0 radical (unpaired) electrons. The van der Waals surface area contributed by atoms with Crippen LogP contribution in [0.25, 0.3) is 11.2 Å². The van der Waals surface area contributed by atoms with Gasteiger partial charge in [0.05, 0.1) is 10.2 Å². The van der Waals surface area contributed by atoms with Crippen LogP contribution in [0.4, 0.5) is 5.82 Å². The number of aryl methyl sites for hydroxylation is 1. The first-order valence-electron chi connectivity index (χ1n) is 11.2. The third kappa shape index (κ3) is 4.92. The molecule has 9 heteroatoms. The first-order valence-corrected chi connectivity index (χ1v) is 13.1. The predicted molar refractivity (Wildman–Crippen MR) is 133 cm³/mol. The number of anilines is 1. The highest BCUT2D eigenvalue weighted by Crippen LogP contribution is 2.40. The molecule has 0 aliphatic heterocycles. The van der Waals surface area contributed by atoms with Gasteiger partial charge in [0.15, 0.2) is 21.3 Å². The van der Waals surface area contributed by atoms with Crippen LogP contribution in [0.2, 0.25) is 5.15 Å². The molecule has 0 aromatic carbocycles. The van der Waals surface area contributed by atoms with Gasteiger partial charge in [-0.3, -0.25) is 9.36 Å². The van der Waals surface area contributed by atoms with Crippen molar-refractivity contribution in [2.24, 2.45) is 5.92 Å². The van der Waals surface area contributed by atoms with Gasteiger partial charge in [-0.1, -0.05) is 30.3 Å². The van der Waals surface area contributed by atoms with Gasteiger partial charge in [-0.05, 0) is 75.7 Å². The molecule has 2 aromatic heterocycles. The Morgan fingerprint density at radius 3 is 2.61 bits per heavy atom. The Labute approximate surface area is 199 Å². The second-order valence-corrected chi connectivity index (χ2v) is 11.5. The van der Waals surface area contributed by atoms with E-state index in [9.17, 15) is 13.2 Å². The molecule has 0 saturated heterocycles. The third-order valence-electron chi connectivity index (χ3n) is 6.25. The van der Waals surface area contributed by atoms with Crippen molar-refractivity contribution in [1.29, 1.82) is 0 Å². The maximum atomic E-state index is 13.3. The van der Waals surface area contributed by atoms with Gasteiger partial charge in [0.25, 0.3) is 5.56 Å². The summed E-state index contributed by atoms with van der Waals surface area (Å²) in [6.45, 7) is 9.84. The Balaban J connectivity index is 1.58. The number of pyridine rings is 1.